The molecule has 0 fully saturated rings. The molecule has 0 aliphatic carbocycles. The van der Waals surface area contributed by atoms with E-state index in [4.69, 9.17) is 9.52 Å². The Labute approximate surface area is 102 Å². The first kappa shape index (κ1) is 14.6. The maximum atomic E-state index is 12.3. The Kier molecular flexibility index (Phi) is 4.77. The number of carboxylic acid groups (broad SMARTS) is 1. The zero-order valence-electron chi connectivity index (χ0n) is 9.83. The molecule has 0 bridgehead atoms. The van der Waals surface area contributed by atoms with Crippen LogP contribution in [0.2, 0.25) is 0 Å². The third kappa shape index (κ3) is 4.40. The summed E-state index contributed by atoms with van der Waals surface area (Å²) in [5, 5.41) is 8.83. The highest BCUT2D eigenvalue weighted by Gasteiger charge is 2.31. The molecule has 1 aromatic heterocycles. The van der Waals surface area contributed by atoms with Gasteiger partial charge in [-0.3, -0.25) is 4.90 Å². The van der Waals surface area contributed by atoms with Gasteiger partial charge in [0, 0.05) is 0 Å². The van der Waals surface area contributed by atoms with Crippen LogP contribution in [0.3, 0.4) is 0 Å². The van der Waals surface area contributed by atoms with Gasteiger partial charge in [0.1, 0.15) is 11.3 Å². The number of rotatable bonds is 6. The van der Waals surface area contributed by atoms with E-state index < -0.39 is 18.7 Å². The highest BCUT2D eigenvalue weighted by atomic mass is 19.4. The van der Waals surface area contributed by atoms with Crippen molar-refractivity contribution < 1.29 is 27.5 Å². The van der Waals surface area contributed by atoms with Crippen LogP contribution in [0.25, 0.3) is 0 Å². The minimum Gasteiger partial charge on any atom is -0.478 e. The molecule has 0 aromatic carbocycles. The van der Waals surface area contributed by atoms with E-state index in [1.165, 1.54) is 6.07 Å². The van der Waals surface area contributed by atoms with Gasteiger partial charge >= 0.3 is 12.1 Å². The summed E-state index contributed by atoms with van der Waals surface area (Å²) in [6.45, 7) is 0.728. The van der Waals surface area contributed by atoms with Gasteiger partial charge in [-0.05, 0) is 19.0 Å². The molecule has 0 aliphatic heterocycles. The van der Waals surface area contributed by atoms with E-state index in [2.05, 4.69) is 0 Å². The van der Waals surface area contributed by atoms with Crippen molar-refractivity contribution in [2.75, 3.05) is 13.1 Å². The maximum Gasteiger partial charge on any atom is 0.401 e. The smallest absolute Gasteiger partial charge is 0.401 e. The Morgan fingerprint density at radius 2 is 2.17 bits per heavy atom. The number of nitrogens with zero attached hydrogens (tertiary/aromatic N) is 1. The van der Waals surface area contributed by atoms with Gasteiger partial charge in [-0.25, -0.2) is 4.79 Å². The lowest BCUT2D eigenvalue weighted by Gasteiger charge is -2.22. The summed E-state index contributed by atoms with van der Waals surface area (Å²) in [6, 6.07) is 1.23. The van der Waals surface area contributed by atoms with E-state index in [0.29, 0.717) is 6.42 Å². The first-order valence-electron chi connectivity index (χ1n) is 5.42. The molecule has 18 heavy (non-hydrogen) atoms. The maximum absolute atomic E-state index is 12.3. The van der Waals surface area contributed by atoms with E-state index in [-0.39, 0.29) is 24.4 Å². The summed E-state index contributed by atoms with van der Waals surface area (Å²) in [5.41, 5.74) is -0.0988. The van der Waals surface area contributed by atoms with Gasteiger partial charge in [0.05, 0.1) is 19.4 Å². The van der Waals surface area contributed by atoms with Crippen molar-refractivity contribution in [3.63, 3.8) is 0 Å². The largest absolute Gasteiger partial charge is 0.478 e. The van der Waals surface area contributed by atoms with Gasteiger partial charge in [0.15, 0.2) is 0 Å². The molecular formula is C11H14F3NO3. The van der Waals surface area contributed by atoms with Crippen molar-refractivity contribution in [2.45, 2.75) is 26.1 Å². The number of alkyl halides is 3. The quantitative estimate of drug-likeness (QED) is 0.859. The summed E-state index contributed by atoms with van der Waals surface area (Å²) in [4.78, 5) is 11.9. The molecule has 0 aliphatic rings. The summed E-state index contributed by atoms with van der Waals surface area (Å²) < 4.78 is 41.9. The molecule has 0 saturated carbocycles. The SMILES string of the molecule is CCCN(Cc1occc1C(=O)O)CC(F)(F)F. The summed E-state index contributed by atoms with van der Waals surface area (Å²) in [6.07, 6.45) is -2.61. The van der Waals surface area contributed by atoms with Crippen LogP contribution in [0.1, 0.15) is 29.5 Å². The lowest BCUT2D eigenvalue weighted by molar-refractivity contribution is -0.147. The molecule has 0 radical (unpaired) electrons. The predicted octanol–water partition coefficient (Wildman–Crippen LogP) is 2.75. The Morgan fingerprint density at radius 1 is 1.50 bits per heavy atom. The molecule has 1 aromatic rings. The molecule has 1 N–H and O–H groups in total. The minimum absolute atomic E-state index is 0.0419. The van der Waals surface area contributed by atoms with Crippen LogP contribution in [0.4, 0.5) is 13.2 Å². The van der Waals surface area contributed by atoms with Gasteiger partial charge in [-0.15, -0.1) is 0 Å². The fourth-order valence-electron chi connectivity index (χ4n) is 1.64. The zero-order valence-corrected chi connectivity index (χ0v) is 9.83. The van der Waals surface area contributed by atoms with Crippen LogP contribution in [-0.4, -0.2) is 35.2 Å². The van der Waals surface area contributed by atoms with Crippen LogP contribution in [0.5, 0.6) is 0 Å². The summed E-state index contributed by atoms with van der Waals surface area (Å²) >= 11 is 0. The normalized spacial score (nSPS) is 12.1. The van der Waals surface area contributed by atoms with Crippen molar-refractivity contribution in [2.24, 2.45) is 0 Å². The molecule has 0 spiro atoms. The molecule has 1 rings (SSSR count). The minimum atomic E-state index is -4.31. The summed E-state index contributed by atoms with van der Waals surface area (Å²) in [7, 11) is 0. The summed E-state index contributed by atoms with van der Waals surface area (Å²) in [5.74, 6) is -1.16. The second-order valence-corrected chi connectivity index (χ2v) is 3.89. The van der Waals surface area contributed by atoms with E-state index in [1.807, 2.05) is 0 Å². The number of hydrogen-bond donors (Lipinski definition) is 1. The highest BCUT2D eigenvalue weighted by Crippen LogP contribution is 2.20. The second kappa shape index (κ2) is 5.90. The fourth-order valence-corrected chi connectivity index (χ4v) is 1.64. The molecular weight excluding hydrogens is 251 g/mol. The Hall–Kier alpha value is -1.50. The second-order valence-electron chi connectivity index (χ2n) is 3.89. The number of carbonyl (C=O) groups is 1. The average molecular weight is 265 g/mol. The van der Waals surface area contributed by atoms with E-state index in [0.717, 1.165) is 11.2 Å². The van der Waals surface area contributed by atoms with Crippen molar-refractivity contribution in [3.8, 4) is 0 Å². The van der Waals surface area contributed by atoms with Crippen LogP contribution >= 0.6 is 0 Å². The first-order valence-corrected chi connectivity index (χ1v) is 5.42. The van der Waals surface area contributed by atoms with Crippen LogP contribution < -0.4 is 0 Å². The van der Waals surface area contributed by atoms with Crippen molar-refractivity contribution in [3.05, 3.63) is 23.7 Å². The number of carboxylic acids is 1. The third-order valence-electron chi connectivity index (χ3n) is 2.29. The van der Waals surface area contributed by atoms with Crippen LogP contribution in [0.15, 0.2) is 16.7 Å². The van der Waals surface area contributed by atoms with E-state index in [9.17, 15) is 18.0 Å². The predicted molar refractivity (Wildman–Crippen MR) is 57.3 cm³/mol. The molecule has 0 unspecified atom stereocenters. The number of aromatic carboxylic acids is 1. The highest BCUT2D eigenvalue weighted by molar-refractivity contribution is 5.88. The first-order chi connectivity index (χ1) is 8.33. The molecule has 4 nitrogen and oxygen atoms in total. The van der Waals surface area contributed by atoms with Crippen LogP contribution in [-0.2, 0) is 6.54 Å². The Bertz CT molecular complexity index is 400. The van der Waals surface area contributed by atoms with Gasteiger partial charge in [-0.2, -0.15) is 13.2 Å². The average Bonchev–Trinajstić information content (AvgIpc) is 2.63. The molecule has 0 saturated heterocycles. The van der Waals surface area contributed by atoms with Crippen molar-refractivity contribution >= 4 is 5.97 Å². The van der Waals surface area contributed by atoms with Gasteiger partial charge in [0.25, 0.3) is 0 Å². The van der Waals surface area contributed by atoms with Crippen LogP contribution in [0, 0.1) is 0 Å². The number of furan rings is 1. The molecule has 0 atom stereocenters. The third-order valence-corrected chi connectivity index (χ3v) is 2.29. The van der Waals surface area contributed by atoms with Gasteiger partial charge in [0.2, 0.25) is 0 Å². The van der Waals surface area contributed by atoms with E-state index >= 15 is 0 Å². The monoisotopic (exact) mass is 265 g/mol. The standard InChI is InChI=1S/C11H14F3NO3/c1-2-4-15(7-11(12,13)14)6-9-8(10(16)17)3-5-18-9/h3,5H,2,4,6-7H2,1H3,(H,16,17). The zero-order chi connectivity index (χ0) is 13.8. The molecule has 7 heteroatoms. The Morgan fingerprint density at radius 3 is 2.67 bits per heavy atom. The molecule has 1 heterocycles. The van der Waals surface area contributed by atoms with Gasteiger partial charge < -0.3 is 9.52 Å². The van der Waals surface area contributed by atoms with Crippen molar-refractivity contribution in [1.29, 1.82) is 0 Å². The fraction of sp³-hybridized carbons (Fsp3) is 0.545. The topological polar surface area (TPSA) is 53.7 Å². The number of hydrogen-bond acceptors (Lipinski definition) is 3. The lowest BCUT2D eigenvalue weighted by atomic mass is 10.2. The molecule has 0 amide bonds. The van der Waals surface area contributed by atoms with Gasteiger partial charge in [-0.1, -0.05) is 6.92 Å². The Balaban J connectivity index is 2.76. The van der Waals surface area contributed by atoms with E-state index in [1.54, 1.807) is 6.92 Å². The molecule has 102 valence electrons. The lowest BCUT2D eigenvalue weighted by Crippen LogP contribution is -2.34. The van der Waals surface area contributed by atoms with Crippen molar-refractivity contribution in [1.82, 2.24) is 4.90 Å². The number of halogens is 3.